The molecule has 0 fully saturated rings. The molecule has 1 nitrogen and oxygen atoms in total. The van der Waals surface area contributed by atoms with Gasteiger partial charge in [0.2, 0.25) is 0 Å². The molecule has 4 heteroatoms. The highest BCUT2D eigenvalue weighted by Crippen LogP contribution is 2.28. The number of fused-ring (bicyclic) bond motifs is 1. The van der Waals surface area contributed by atoms with Crippen molar-refractivity contribution in [3.63, 3.8) is 0 Å². The Kier molecular flexibility index (Phi) is 2.86. The predicted octanol–water partition coefficient (Wildman–Crippen LogP) is 3.33. The summed E-state index contributed by atoms with van der Waals surface area (Å²) in [5.74, 6) is 0. The van der Waals surface area contributed by atoms with Gasteiger partial charge >= 0.3 is 0 Å². The summed E-state index contributed by atoms with van der Waals surface area (Å²) in [6, 6.07) is 9.05. The lowest BCUT2D eigenvalue weighted by atomic mass is 10.2. The van der Waals surface area contributed by atoms with Crippen LogP contribution in [0.15, 0.2) is 24.3 Å². The first-order valence-electron chi connectivity index (χ1n) is 3.40. The Labute approximate surface area is 84.8 Å². The van der Waals surface area contributed by atoms with Gasteiger partial charge in [0.05, 0.1) is 0 Å². The van der Waals surface area contributed by atoms with E-state index in [0.29, 0.717) is 5.39 Å². The Bertz CT molecular complexity index is 472. The third-order valence-corrected chi connectivity index (χ3v) is 2.62. The van der Waals surface area contributed by atoms with Crippen molar-refractivity contribution in [1.82, 2.24) is 0 Å². The van der Waals surface area contributed by atoms with Crippen molar-refractivity contribution in [1.29, 1.82) is 5.26 Å². The fourth-order valence-corrected chi connectivity index (χ4v) is 2.00. The van der Waals surface area contributed by atoms with E-state index in [9.17, 15) is 4.39 Å². The second kappa shape index (κ2) is 3.73. The van der Waals surface area contributed by atoms with Crippen LogP contribution in [0.5, 0.6) is 0 Å². The summed E-state index contributed by atoms with van der Waals surface area (Å²) >= 11 is 1.01. The number of halogens is 2. The van der Waals surface area contributed by atoms with Gasteiger partial charge in [-0.1, -0.05) is 18.2 Å². The molecule has 0 bridgehead atoms. The van der Waals surface area contributed by atoms with Gasteiger partial charge in [-0.2, -0.15) is 9.65 Å². The Morgan fingerprint density at radius 2 is 2.00 bits per heavy atom. The van der Waals surface area contributed by atoms with E-state index < -0.39 is 5.13 Å². The lowest BCUT2D eigenvalue weighted by Gasteiger charge is -1.85. The van der Waals surface area contributed by atoms with Crippen LogP contribution >= 0.6 is 23.7 Å². The molecular formula is C9H5ClFNS. The molecule has 13 heavy (non-hydrogen) atoms. The van der Waals surface area contributed by atoms with Gasteiger partial charge in [0.15, 0.2) is 5.13 Å². The molecule has 0 amide bonds. The first-order valence-corrected chi connectivity index (χ1v) is 4.21. The van der Waals surface area contributed by atoms with Crippen molar-refractivity contribution in [2.45, 2.75) is 0 Å². The van der Waals surface area contributed by atoms with Crippen LogP contribution in [0, 0.1) is 16.5 Å². The Hall–Kier alpha value is -1.11. The van der Waals surface area contributed by atoms with Crippen LogP contribution in [0.1, 0.15) is 5.56 Å². The Balaban J connectivity index is 0.000000845. The van der Waals surface area contributed by atoms with Crippen molar-refractivity contribution in [3.8, 4) is 6.07 Å². The molecule has 0 N–H and O–H groups in total. The molecule has 2 aromatic rings. The van der Waals surface area contributed by atoms with Crippen molar-refractivity contribution >= 4 is 33.8 Å². The largest absolute Gasteiger partial charge is 0.195 e. The SMILES string of the molecule is Cl.N#Cc1c(F)sc2ccccc12. The summed E-state index contributed by atoms with van der Waals surface area (Å²) in [6.45, 7) is 0. The Morgan fingerprint density at radius 1 is 1.31 bits per heavy atom. The van der Waals surface area contributed by atoms with Crippen molar-refractivity contribution < 1.29 is 4.39 Å². The van der Waals surface area contributed by atoms with E-state index in [1.54, 1.807) is 12.1 Å². The van der Waals surface area contributed by atoms with Crippen LogP contribution in [0.4, 0.5) is 4.39 Å². The zero-order valence-electron chi connectivity index (χ0n) is 6.45. The normalized spacial score (nSPS) is 9.23. The predicted molar refractivity (Wildman–Crippen MR) is 53.7 cm³/mol. The lowest BCUT2D eigenvalue weighted by Crippen LogP contribution is -1.72. The van der Waals surface area contributed by atoms with Gasteiger partial charge in [0.1, 0.15) is 11.6 Å². The lowest BCUT2D eigenvalue weighted by molar-refractivity contribution is 0.655. The van der Waals surface area contributed by atoms with Gasteiger partial charge in [-0.25, -0.2) is 0 Å². The van der Waals surface area contributed by atoms with E-state index >= 15 is 0 Å². The number of hydrogen-bond acceptors (Lipinski definition) is 2. The van der Waals surface area contributed by atoms with E-state index in [0.717, 1.165) is 16.0 Å². The van der Waals surface area contributed by atoms with E-state index in [2.05, 4.69) is 0 Å². The smallest absolute Gasteiger partial charge is 0.194 e. The maximum absolute atomic E-state index is 13.0. The molecule has 66 valence electrons. The number of nitrogens with zero attached hydrogens (tertiary/aromatic N) is 1. The van der Waals surface area contributed by atoms with Crippen LogP contribution in [0.3, 0.4) is 0 Å². The molecule has 1 aromatic heterocycles. The van der Waals surface area contributed by atoms with Gasteiger partial charge in [0, 0.05) is 10.1 Å². The highest BCUT2D eigenvalue weighted by atomic mass is 35.5. The van der Waals surface area contributed by atoms with Crippen molar-refractivity contribution in [3.05, 3.63) is 35.0 Å². The van der Waals surface area contributed by atoms with Crippen LogP contribution in [-0.4, -0.2) is 0 Å². The number of benzene rings is 1. The number of rotatable bonds is 0. The molecule has 1 heterocycles. The van der Waals surface area contributed by atoms with E-state index in [1.807, 2.05) is 18.2 Å². The molecule has 0 atom stereocenters. The molecule has 0 saturated heterocycles. The Morgan fingerprint density at radius 3 is 2.69 bits per heavy atom. The van der Waals surface area contributed by atoms with Gasteiger partial charge in [0.25, 0.3) is 0 Å². The average molecular weight is 214 g/mol. The fourth-order valence-electron chi connectivity index (χ4n) is 1.12. The summed E-state index contributed by atoms with van der Waals surface area (Å²) in [6.07, 6.45) is 0. The van der Waals surface area contributed by atoms with Gasteiger partial charge in [-0.3, -0.25) is 0 Å². The minimum atomic E-state index is -0.390. The third kappa shape index (κ3) is 1.51. The second-order valence-electron chi connectivity index (χ2n) is 2.36. The molecule has 1 aromatic carbocycles. The zero-order valence-corrected chi connectivity index (χ0v) is 8.08. The number of hydrogen-bond donors (Lipinski definition) is 0. The third-order valence-electron chi connectivity index (χ3n) is 1.66. The minimum absolute atomic E-state index is 0. The van der Waals surface area contributed by atoms with E-state index in [-0.39, 0.29) is 18.0 Å². The molecule has 0 radical (unpaired) electrons. The van der Waals surface area contributed by atoms with E-state index in [4.69, 9.17) is 5.26 Å². The summed E-state index contributed by atoms with van der Waals surface area (Å²) < 4.78 is 13.8. The molecule has 0 aliphatic rings. The van der Waals surface area contributed by atoms with Crippen LogP contribution in [-0.2, 0) is 0 Å². The topological polar surface area (TPSA) is 23.8 Å². The molecule has 0 saturated carbocycles. The maximum atomic E-state index is 13.0. The first-order chi connectivity index (χ1) is 5.83. The summed E-state index contributed by atoms with van der Waals surface area (Å²) in [5, 5.41) is 8.94. The maximum Gasteiger partial charge on any atom is 0.195 e. The molecule has 2 rings (SSSR count). The highest BCUT2D eigenvalue weighted by molar-refractivity contribution is 7.17. The van der Waals surface area contributed by atoms with Crippen molar-refractivity contribution in [2.75, 3.05) is 0 Å². The first kappa shape index (κ1) is 9.97. The van der Waals surface area contributed by atoms with Crippen LogP contribution in [0.25, 0.3) is 10.1 Å². The standard InChI is InChI=1S/C9H4FNS.ClH/c10-9-7(5-11)6-3-1-2-4-8(6)12-9;/h1-4H;1H. The molecule has 0 aliphatic carbocycles. The molecule has 0 aliphatic heterocycles. The number of nitriles is 1. The molecular weight excluding hydrogens is 209 g/mol. The summed E-state index contributed by atoms with van der Waals surface area (Å²) in [5.41, 5.74) is 0.163. The van der Waals surface area contributed by atoms with Crippen LogP contribution in [0.2, 0.25) is 0 Å². The summed E-state index contributed by atoms with van der Waals surface area (Å²) in [7, 11) is 0. The monoisotopic (exact) mass is 213 g/mol. The highest BCUT2D eigenvalue weighted by Gasteiger charge is 2.09. The molecule has 0 spiro atoms. The van der Waals surface area contributed by atoms with Gasteiger partial charge in [-0.15, -0.1) is 23.7 Å². The van der Waals surface area contributed by atoms with Crippen molar-refractivity contribution in [2.24, 2.45) is 0 Å². The second-order valence-corrected chi connectivity index (χ2v) is 3.36. The van der Waals surface area contributed by atoms with E-state index in [1.165, 1.54) is 0 Å². The summed E-state index contributed by atoms with van der Waals surface area (Å²) in [4.78, 5) is 0. The fraction of sp³-hybridized carbons (Fsp3) is 0. The number of thiophene rings is 1. The van der Waals surface area contributed by atoms with Gasteiger partial charge in [-0.05, 0) is 6.07 Å². The minimum Gasteiger partial charge on any atom is -0.194 e. The average Bonchev–Trinajstić information content (AvgIpc) is 2.40. The zero-order chi connectivity index (χ0) is 8.55. The quantitative estimate of drug-likeness (QED) is 0.659. The molecule has 0 unspecified atom stereocenters. The van der Waals surface area contributed by atoms with Gasteiger partial charge < -0.3 is 0 Å². The van der Waals surface area contributed by atoms with Crippen LogP contribution < -0.4 is 0 Å².